The van der Waals surface area contributed by atoms with E-state index < -0.39 is 30.1 Å². The third kappa shape index (κ3) is 11.3. The Morgan fingerprint density at radius 2 is 1.71 bits per heavy atom. The molecule has 0 bridgehead atoms. The largest absolute Gasteiger partial charge is 0.450 e. The van der Waals surface area contributed by atoms with Crippen LogP contribution in [0.25, 0.3) is 0 Å². The fourth-order valence-electron chi connectivity index (χ4n) is 4.48. The first kappa shape index (κ1) is 35.8. The van der Waals surface area contributed by atoms with E-state index in [2.05, 4.69) is 16.3 Å². The Morgan fingerprint density at radius 1 is 1.10 bits per heavy atom. The molecule has 1 unspecified atom stereocenters. The number of amides is 1. The number of esters is 2. The van der Waals surface area contributed by atoms with Crippen molar-refractivity contribution in [3.05, 3.63) is 65.2 Å². The minimum atomic E-state index is -1.52. The number of nitriles is 1. The van der Waals surface area contributed by atoms with E-state index in [9.17, 15) is 19.2 Å². The maximum absolute atomic E-state index is 12.6. The normalized spacial score (nSPS) is 14.9. The van der Waals surface area contributed by atoms with Gasteiger partial charge in [-0.2, -0.15) is 5.26 Å². The zero-order chi connectivity index (χ0) is 31.7. The van der Waals surface area contributed by atoms with E-state index in [1.54, 1.807) is 0 Å². The number of nitrogens with one attached hydrogen (secondary N) is 1. The number of benzene rings is 2. The summed E-state index contributed by atoms with van der Waals surface area (Å²) in [6.45, 7) is 11.6. The summed E-state index contributed by atoms with van der Waals surface area (Å²) in [6, 6.07) is 17.6. The van der Waals surface area contributed by atoms with Crippen LogP contribution in [0.5, 0.6) is 0 Å². The highest BCUT2D eigenvalue weighted by atomic mass is 16.6. The molecule has 0 radical (unpaired) electrons. The van der Waals surface area contributed by atoms with Crippen LogP contribution in [-0.4, -0.2) is 75.0 Å². The van der Waals surface area contributed by atoms with Gasteiger partial charge in [-0.05, 0) is 56.1 Å². The van der Waals surface area contributed by atoms with Crippen molar-refractivity contribution < 1.29 is 28.7 Å². The van der Waals surface area contributed by atoms with E-state index in [1.165, 1.54) is 18.4 Å². The topological polar surface area (TPSA) is 129 Å². The van der Waals surface area contributed by atoms with E-state index in [-0.39, 0.29) is 12.8 Å². The van der Waals surface area contributed by atoms with Crippen molar-refractivity contribution in [2.75, 3.05) is 38.6 Å². The molecule has 0 spiro atoms. The molecule has 1 fully saturated rings. The maximum atomic E-state index is 12.6. The van der Waals surface area contributed by atoms with Crippen molar-refractivity contribution in [1.82, 2.24) is 10.2 Å². The molecule has 3 atom stereocenters. The number of aldehydes is 1. The van der Waals surface area contributed by atoms with E-state index in [0.717, 1.165) is 55.9 Å². The Morgan fingerprint density at radius 3 is 2.29 bits per heavy atom. The SMILES string of the molecule is CC.CC(=O)O[C@@H](C=O)[C@@H](OC(C)=O)C(=O)N(C)Cc1ccccc1C.CNCC1CCN(c2ccccc2C#N)C1. The fourth-order valence-corrected chi connectivity index (χ4v) is 4.48. The van der Waals surface area contributed by atoms with Gasteiger partial charge in [-0.3, -0.25) is 19.2 Å². The van der Waals surface area contributed by atoms with Gasteiger partial charge in [-0.1, -0.05) is 50.2 Å². The predicted molar refractivity (Wildman–Crippen MR) is 162 cm³/mol. The van der Waals surface area contributed by atoms with E-state index in [4.69, 9.17) is 14.7 Å². The fraction of sp³-hybridized carbons (Fsp3) is 0.469. The first-order valence-corrected chi connectivity index (χ1v) is 14.1. The molecule has 1 saturated heterocycles. The van der Waals surface area contributed by atoms with Crippen LogP contribution in [0.15, 0.2) is 48.5 Å². The van der Waals surface area contributed by atoms with Gasteiger partial charge in [-0.15, -0.1) is 0 Å². The molecule has 1 heterocycles. The second-order valence-electron chi connectivity index (χ2n) is 9.65. The van der Waals surface area contributed by atoms with E-state index >= 15 is 0 Å². The molecular weight excluding hydrogens is 536 g/mol. The van der Waals surface area contributed by atoms with Crippen molar-refractivity contribution in [2.45, 2.75) is 59.8 Å². The number of ether oxygens (including phenoxy) is 2. The van der Waals surface area contributed by atoms with Crippen LogP contribution in [0.4, 0.5) is 5.69 Å². The molecule has 10 heteroatoms. The first-order valence-electron chi connectivity index (χ1n) is 14.1. The summed E-state index contributed by atoms with van der Waals surface area (Å²) in [5.41, 5.74) is 3.77. The average Bonchev–Trinajstić information content (AvgIpc) is 3.45. The first-order chi connectivity index (χ1) is 20.1. The lowest BCUT2D eigenvalue weighted by Crippen LogP contribution is -2.47. The van der Waals surface area contributed by atoms with Gasteiger partial charge in [0.25, 0.3) is 5.91 Å². The molecule has 42 heavy (non-hydrogen) atoms. The van der Waals surface area contributed by atoms with Gasteiger partial charge in [0.1, 0.15) is 6.07 Å². The summed E-state index contributed by atoms with van der Waals surface area (Å²) in [6.07, 6.45) is -1.52. The predicted octanol–water partition coefficient (Wildman–Crippen LogP) is 3.65. The average molecular weight is 581 g/mol. The number of likely N-dealkylation sites (N-methyl/N-ethyl adjacent to an activating group) is 1. The zero-order valence-corrected chi connectivity index (χ0v) is 25.8. The molecule has 2 aromatic carbocycles. The summed E-state index contributed by atoms with van der Waals surface area (Å²) < 4.78 is 9.69. The minimum Gasteiger partial charge on any atom is -0.450 e. The summed E-state index contributed by atoms with van der Waals surface area (Å²) >= 11 is 0. The Labute approximate surface area is 249 Å². The van der Waals surface area contributed by atoms with Gasteiger partial charge < -0.3 is 24.6 Å². The van der Waals surface area contributed by atoms with Gasteiger partial charge in [0, 0.05) is 40.5 Å². The third-order valence-corrected chi connectivity index (χ3v) is 6.46. The molecule has 10 nitrogen and oxygen atoms in total. The van der Waals surface area contributed by atoms with E-state index in [1.807, 2.05) is 76.3 Å². The lowest BCUT2D eigenvalue weighted by molar-refractivity contribution is -0.174. The number of rotatable bonds is 10. The van der Waals surface area contributed by atoms with Gasteiger partial charge in [0.2, 0.25) is 12.2 Å². The Bertz CT molecular complexity index is 1210. The van der Waals surface area contributed by atoms with Gasteiger partial charge >= 0.3 is 11.9 Å². The quantitative estimate of drug-likeness (QED) is 0.331. The van der Waals surface area contributed by atoms with Crippen molar-refractivity contribution in [3.8, 4) is 6.07 Å². The molecule has 1 amide bonds. The van der Waals surface area contributed by atoms with Gasteiger partial charge in [0.05, 0.1) is 11.3 Å². The monoisotopic (exact) mass is 580 g/mol. The van der Waals surface area contributed by atoms with E-state index in [0.29, 0.717) is 5.92 Å². The standard InChI is InChI=1S/C17H21NO6.C13H17N3.C2H6/c1-11-7-5-6-8-14(11)9-18(4)17(22)16(24-13(3)21)15(10-19)23-12(2)20;1-15-9-11-6-7-16(10-11)13-5-3-2-4-12(13)8-14;1-2/h5-8,10,15-16H,9H2,1-4H3;2-5,11,15H,6-7,9-10H2,1H3;1-2H3/t15-,16+;;/m0../s1. The number of para-hydroxylation sites is 1. The van der Waals surface area contributed by atoms with Crippen LogP contribution in [0, 0.1) is 24.2 Å². The molecule has 3 rings (SSSR count). The van der Waals surface area contributed by atoms with Crippen LogP contribution in [-0.2, 0) is 35.2 Å². The lowest BCUT2D eigenvalue weighted by atomic mass is 10.1. The highest BCUT2D eigenvalue weighted by molar-refractivity contribution is 5.88. The molecule has 1 N–H and O–H groups in total. The van der Waals surface area contributed by atoms with Crippen LogP contribution >= 0.6 is 0 Å². The summed E-state index contributed by atoms with van der Waals surface area (Å²) in [4.78, 5) is 49.7. The van der Waals surface area contributed by atoms with Gasteiger partial charge in [0.15, 0.2) is 6.29 Å². The number of aryl methyl sites for hydroxylation is 1. The van der Waals surface area contributed by atoms with Crippen molar-refractivity contribution in [1.29, 1.82) is 5.26 Å². The van der Waals surface area contributed by atoms with Crippen LogP contribution in [0.2, 0.25) is 0 Å². The summed E-state index contributed by atoms with van der Waals surface area (Å²) in [5, 5.41) is 12.3. The number of hydrogen-bond donors (Lipinski definition) is 1. The summed E-state index contributed by atoms with van der Waals surface area (Å²) in [7, 11) is 3.51. The molecule has 0 saturated carbocycles. The van der Waals surface area contributed by atoms with Crippen LogP contribution in [0.1, 0.15) is 50.8 Å². The van der Waals surface area contributed by atoms with Crippen molar-refractivity contribution in [2.24, 2.45) is 5.92 Å². The molecule has 228 valence electrons. The number of hydrogen-bond acceptors (Lipinski definition) is 9. The van der Waals surface area contributed by atoms with Gasteiger partial charge in [-0.25, -0.2) is 0 Å². The summed E-state index contributed by atoms with van der Waals surface area (Å²) in [5.74, 6) is -1.43. The number of anilines is 1. The van der Waals surface area contributed by atoms with Crippen molar-refractivity contribution in [3.63, 3.8) is 0 Å². The van der Waals surface area contributed by atoms with Crippen LogP contribution < -0.4 is 10.2 Å². The number of carbonyl (C=O) groups excluding carboxylic acids is 4. The molecule has 2 aromatic rings. The second kappa shape index (κ2) is 19.0. The highest BCUT2D eigenvalue weighted by Crippen LogP contribution is 2.26. The second-order valence-corrected chi connectivity index (χ2v) is 9.65. The zero-order valence-electron chi connectivity index (χ0n) is 25.8. The molecule has 0 aromatic heterocycles. The number of carbonyl (C=O) groups is 4. The Hall–Kier alpha value is -4.23. The lowest BCUT2D eigenvalue weighted by Gasteiger charge is -2.26. The third-order valence-electron chi connectivity index (χ3n) is 6.46. The maximum Gasteiger partial charge on any atom is 0.303 e. The van der Waals surface area contributed by atoms with Crippen molar-refractivity contribution >= 4 is 29.8 Å². The minimum absolute atomic E-state index is 0.259. The molecule has 1 aliphatic rings. The Balaban J connectivity index is 0.000000423. The highest BCUT2D eigenvalue weighted by Gasteiger charge is 2.35. The molecule has 1 aliphatic heterocycles. The van der Waals surface area contributed by atoms with Crippen LogP contribution in [0.3, 0.4) is 0 Å². The molecule has 0 aliphatic carbocycles. The smallest absolute Gasteiger partial charge is 0.303 e. The molecular formula is C32H44N4O6. The Kier molecular flexibility index (Phi) is 16.2. The number of nitrogens with zero attached hydrogens (tertiary/aromatic N) is 3.